The molecule has 0 bridgehead atoms. The summed E-state index contributed by atoms with van der Waals surface area (Å²) in [5.74, 6) is 0. The predicted octanol–water partition coefficient (Wildman–Crippen LogP) is 4.15. The third kappa shape index (κ3) is 3.70. The van der Waals surface area contributed by atoms with Crippen LogP contribution in [0.25, 0.3) is 11.3 Å². The maximum Gasteiger partial charge on any atom is 0.268 e. The maximum atomic E-state index is 13.3. The molecule has 138 valence electrons. The van der Waals surface area contributed by atoms with Crippen LogP contribution in [0.5, 0.6) is 0 Å². The molecular weight excluding hydrogens is 368 g/mol. The van der Waals surface area contributed by atoms with Gasteiger partial charge in [-0.25, -0.2) is 12.4 Å². The molecular formula is C20H23ClN2O2S. The Hall–Kier alpha value is -2.08. The first kappa shape index (κ1) is 20.2. The van der Waals surface area contributed by atoms with Crippen molar-refractivity contribution in [3.05, 3.63) is 77.5 Å². The summed E-state index contributed by atoms with van der Waals surface area (Å²) in [6.45, 7) is 4.48. The zero-order chi connectivity index (χ0) is 18.0. The van der Waals surface area contributed by atoms with Crippen molar-refractivity contribution in [3.63, 3.8) is 0 Å². The first-order valence-electron chi connectivity index (χ1n) is 8.18. The second kappa shape index (κ2) is 8.08. The third-order valence-electron chi connectivity index (χ3n) is 4.29. The van der Waals surface area contributed by atoms with E-state index >= 15 is 0 Å². The van der Waals surface area contributed by atoms with Crippen molar-refractivity contribution < 1.29 is 8.42 Å². The first-order valence-corrected chi connectivity index (χ1v) is 9.62. The van der Waals surface area contributed by atoms with Gasteiger partial charge in [0.05, 0.1) is 10.6 Å². The van der Waals surface area contributed by atoms with Gasteiger partial charge in [0.1, 0.15) is 0 Å². The summed E-state index contributed by atoms with van der Waals surface area (Å²) in [5, 5.41) is 3.11. The minimum Gasteiger partial charge on any atom is -0.316 e. The highest BCUT2D eigenvalue weighted by atomic mass is 35.5. The topological polar surface area (TPSA) is 51.1 Å². The fraction of sp³-hybridized carbons (Fsp3) is 0.200. The van der Waals surface area contributed by atoms with Crippen LogP contribution in [0.2, 0.25) is 0 Å². The van der Waals surface area contributed by atoms with Crippen LogP contribution < -0.4 is 5.32 Å². The summed E-state index contributed by atoms with van der Waals surface area (Å²) < 4.78 is 28.0. The van der Waals surface area contributed by atoms with Gasteiger partial charge in [-0.3, -0.25) is 0 Å². The van der Waals surface area contributed by atoms with Gasteiger partial charge in [0, 0.05) is 12.7 Å². The Morgan fingerprint density at radius 3 is 2.31 bits per heavy atom. The number of aryl methyl sites for hydroxylation is 1. The second-order valence-corrected chi connectivity index (χ2v) is 7.96. The Labute approximate surface area is 161 Å². The van der Waals surface area contributed by atoms with Gasteiger partial charge in [-0.15, -0.1) is 12.4 Å². The highest BCUT2D eigenvalue weighted by Gasteiger charge is 2.24. The number of rotatable bonds is 5. The van der Waals surface area contributed by atoms with Gasteiger partial charge in [0.2, 0.25) is 0 Å². The van der Waals surface area contributed by atoms with Crippen LogP contribution in [0.4, 0.5) is 0 Å². The van der Waals surface area contributed by atoms with Gasteiger partial charge in [0.15, 0.2) is 0 Å². The summed E-state index contributed by atoms with van der Waals surface area (Å²) in [4.78, 5) is 0.302. The average molecular weight is 391 g/mol. The fourth-order valence-corrected chi connectivity index (χ4v) is 4.57. The van der Waals surface area contributed by atoms with Gasteiger partial charge in [-0.05, 0) is 55.3 Å². The minimum atomic E-state index is -3.67. The Balaban J connectivity index is 0.00000243. The molecule has 1 N–H and O–H groups in total. The predicted molar refractivity (Wildman–Crippen MR) is 108 cm³/mol. The van der Waals surface area contributed by atoms with Gasteiger partial charge < -0.3 is 5.32 Å². The smallest absolute Gasteiger partial charge is 0.268 e. The number of nitrogens with zero attached hydrogens (tertiary/aromatic N) is 1. The number of nitrogens with one attached hydrogen (secondary N) is 1. The molecule has 1 aromatic heterocycles. The summed E-state index contributed by atoms with van der Waals surface area (Å²) in [7, 11) is -1.82. The second-order valence-electron chi connectivity index (χ2n) is 6.14. The van der Waals surface area contributed by atoms with E-state index in [9.17, 15) is 8.42 Å². The van der Waals surface area contributed by atoms with Crippen LogP contribution in [0.1, 0.15) is 16.7 Å². The average Bonchev–Trinajstić information content (AvgIpc) is 2.93. The molecule has 0 fully saturated rings. The number of hydrogen-bond acceptors (Lipinski definition) is 3. The summed E-state index contributed by atoms with van der Waals surface area (Å²) in [6.07, 6.45) is 1.73. The summed E-state index contributed by atoms with van der Waals surface area (Å²) in [5.41, 5.74) is 4.46. The molecule has 0 aliphatic heterocycles. The first-order chi connectivity index (χ1) is 11.9. The van der Waals surface area contributed by atoms with Gasteiger partial charge in [-0.1, -0.05) is 42.5 Å². The van der Waals surface area contributed by atoms with E-state index in [0.29, 0.717) is 17.1 Å². The van der Waals surface area contributed by atoms with Crippen LogP contribution in [0.3, 0.4) is 0 Å². The zero-order valence-electron chi connectivity index (χ0n) is 15.1. The molecule has 6 heteroatoms. The highest BCUT2D eigenvalue weighted by molar-refractivity contribution is 7.90. The van der Waals surface area contributed by atoms with Crippen LogP contribution in [0, 0.1) is 13.8 Å². The molecule has 1 heterocycles. The molecule has 26 heavy (non-hydrogen) atoms. The molecule has 2 aromatic carbocycles. The third-order valence-corrected chi connectivity index (χ3v) is 5.95. The van der Waals surface area contributed by atoms with Crippen molar-refractivity contribution in [1.82, 2.24) is 9.29 Å². The Kier molecular flexibility index (Phi) is 6.29. The lowest BCUT2D eigenvalue weighted by molar-refractivity contribution is 0.587. The molecule has 0 aliphatic rings. The molecule has 3 rings (SSSR count). The van der Waals surface area contributed by atoms with E-state index in [4.69, 9.17) is 0 Å². The van der Waals surface area contributed by atoms with E-state index in [1.807, 2.05) is 57.3 Å². The van der Waals surface area contributed by atoms with E-state index in [1.165, 1.54) is 3.97 Å². The quantitative estimate of drug-likeness (QED) is 0.712. The van der Waals surface area contributed by atoms with Crippen LogP contribution in [-0.4, -0.2) is 19.4 Å². The van der Waals surface area contributed by atoms with E-state index < -0.39 is 10.0 Å². The molecule has 4 nitrogen and oxygen atoms in total. The highest BCUT2D eigenvalue weighted by Crippen LogP contribution is 2.31. The largest absolute Gasteiger partial charge is 0.316 e. The molecule has 0 aliphatic carbocycles. The number of aromatic nitrogens is 1. The number of halogens is 1. The normalized spacial score (nSPS) is 11.2. The number of benzene rings is 2. The molecule has 0 atom stereocenters. The van der Waals surface area contributed by atoms with Crippen molar-refractivity contribution in [2.45, 2.75) is 25.3 Å². The van der Waals surface area contributed by atoms with Crippen LogP contribution in [-0.2, 0) is 16.6 Å². The SMILES string of the molecule is CNCc1cn(S(=O)(=O)c2cccc(C)c2)c(-c2ccccc2)c1C.Cl. The number of hydrogen-bond donors (Lipinski definition) is 1. The molecule has 0 amide bonds. The van der Waals surface area contributed by atoms with Crippen molar-refractivity contribution in [3.8, 4) is 11.3 Å². The van der Waals surface area contributed by atoms with Crippen molar-refractivity contribution in [1.29, 1.82) is 0 Å². The van der Waals surface area contributed by atoms with Crippen molar-refractivity contribution in [2.24, 2.45) is 0 Å². The molecule has 0 radical (unpaired) electrons. The lowest BCUT2D eigenvalue weighted by Crippen LogP contribution is -2.13. The van der Waals surface area contributed by atoms with E-state index in [0.717, 1.165) is 22.3 Å². The van der Waals surface area contributed by atoms with Crippen molar-refractivity contribution in [2.75, 3.05) is 7.05 Å². The monoisotopic (exact) mass is 390 g/mol. The molecule has 3 aromatic rings. The Morgan fingerprint density at radius 1 is 1.00 bits per heavy atom. The van der Waals surface area contributed by atoms with Gasteiger partial charge in [0.25, 0.3) is 10.0 Å². The van der Waals surface area contributed by atoms with E-state index in [1.54, 1.807) is 24.4 Å². The van der Waals surface area contributed by atoms with Crippen LogP contribution in [0.15, 0.2) is 65.7 Å². The molecule has 0 unspecified atom stereocenters. The summed E-state index contributed by atoms with van der Waals surface area (Å²) in [6, 6.07) is 16.7. The van der Waals surface area contributed by atoms with E-state index in [-0.39, 0.29) is 12.4 Å². The van der Waals surface area contributed by atoms with E-state index in [2.05, 4.69) is 5.32 Å². The van der Waals surface area contributed by atoms with Crippen LogP contribution >= 0.6 is 12.4 Å². The summed E-state index contributed by atoms with van der Waals surface area (Å²) >= 11 is 0. The Morgan fingerprint density at radius 2 is 1.69 bits per heavy atom. The Bertz CT molecular complexity index is 996. The van der Waals surface area contributed by atoms with Gasteiger partial charge in [-0.2, -0.15) is 0 Å². The minimum absolute atomic E-state index is 0. The molecule has 0 saturated heterocycles. The zero-order valence-corrected chi connectivity index (χ0v) is 16.7. The molecule has 0 spiro atoms. The standard InChI is InChI=1S/C20H22N2O2S.ClH/c1-15-8-7-11-19(12-15)25(23,24)22-14-18(13-21-3)16(2)20(22)17-9-5-4-6-10-17;/h4-12,14,21H,13H2,1-3H3;1H. The fourth-order valence-electron chi connectivity index (χ4n) is 3.01. The lowest BCUT2D eigenvalue weighted by Gasteiger charge is -2.12. The maximum absolute atomic E-state index is 13.3. The van der Waals surface area contributed by atoms with Crippen molar-refractivity contribution >= 4 is 22.4 Å². The molecule has 0 saturated carbocycles. The lowest BCUT2D eigenvalue weighted by atomic mass is 10.1. The van der Waals surface area contributed by atoms with Gasteiger partial charge >= 0.3 is 0 Å².